The van der Waals surface area contributed by atoms with Gasteiger partial charge in [0.1, 0.15) is 4.83 Å². The summed E-state index contributed by atoms with van der Waals surface area (Å²) < 4.78 is 2.33. The van der Waals surface area contributed by atoms with Crippen molar-refractivity contribution in [2.24, 2.45) is 0 Å². The number of fused-ring (bicyclic) bond motifs is 1. The standard InChI is InChI=1S/C14H20N2OS2/c1-5-7-10(6-2)16-13(17)11-8(3)9(4)19-12(11)15-14(16)18/h10H,5-7H2,1-4H3,(H,15,18). The summed E-state index contributed by atoms with van der Waals surface area (Å²) >= 11 is 7.00. The summed E-state index contributed by atoms with van der Waals surface area (Å²) in [6.45, 7) is 8.30. The van der Waals surface area contributed by atoms with Gasteiger partial charge < -0.3 is 4.98 Å². The maximum Gasteiger partial charge on any atom is 0.263 e. The monoisotopic (exact) mass is 296 g/mol. The van der Waals surface area contributed by atoms with Gasteiger partial charge >= 0.3 is 0 Å². The highest BCUT2D eigenvalue weighted by molar-refractivity contribution is 7.71. The molecule has 0 saturated carbocycles. The van der Waals surface area contributed by atoms with Crippen LogP contribution >= 0.6 is 23.6 Å². The number of aromatic amines is 1. The molecule has 19 heavy (non-hydrogen) atoms. The lowest BCUT2D eigenvalue weighted by Crippen LogP contribution is -2.26. The van der Waals surface area contributed by atoms with Crippen LogP contribution < -0.4 is 5.56 Å². The van der Waals surface area contributed by atoms with Crippen LogP contribution in [0.4, 0.5) is 0 Å². The second kappa shape index (κ2) is 5.59. The molecule has 2 rings (SSSR count). The molecular weight excluding hydrogens is 276 g/mol. The summed E-state index contributed by atoms with van der Waals surface area (Å²) in [6, 6.07) is 0.199. The summed E-state index contributed by atoms with van der Waals surface area (Å²) in [5.74, 6) is 0. The van der Waals surface area contributed by atoms with E-state index in [1.54, 1.807) is 15.9 Å². The summed E-state index contributed by atoms with van der Waals surface area (Å²) in [5.41, 5.74) is 1.15. The fraction of sp³-hybridized carbons (Fsp3) is 0.571. The van der Waals surface area contributed by atoms with Crippen molar-refractivity contribution in [1.82, 2.24) is 9.55 Å². The first-order valence-corrected chi connectivity index (χ1v) is 7.98. The van der Waals surface area contributed by atoms with E-state index in [0.29, 0.717) is 4.77 Å². The van der Waals surface area contributed by atoms with Gasteiger partial charge in [0.15, 0.2) is 4.77 Å². The first kappa shape index (κ1) is 14.5. The van der Waals surface area contributed by atoms with E-state index in [0.717, 1.165) is 35.0 Å². The van der Waals surface area contributed by atoms with E-state index in [1.807, 2.05) is 13.8 Å². The lowest BCUT2D eigenvalue weighted by Gasteiger charge is -2.17. The quantitative estimate of drug-likeness (QED) is 0.844. The van der Waals surface area contributed by atoms with E-state index in [-0.39, 0.29) is 11.6 Å². The Morgan fingerprint density at radius 2 is 2.05 bits per heavy atom. The Bertz CT molecular complexity index is 709. The first-order chi connectivity index (χ1) is 9.01. The van der Waals surface area contributed by atoms with Gasteiger partial charge in [-0.2, -0.15) is 0 Å². The lowest BCUT2D eigenvalue weighted by atomic mass is 10.1. The second-order valence-electron chi connectivity index (χ2n) is 4.94. The molecule has 104 valence electrons. The van der Waals surface area contributed by atoms with Gasteiger partial charge in [-0.05, 0) is 44.5 Å². The summed E-state index contributed by atoms with van der Waals surface area (Å²) in [6.07, 6.45) is 2.97. The zero-order valence-electron chi connectivity index (χ0n) is 11.9. The summed E-state index contributed by atoms with van der Waals surface area (Å²) in [5, 5.41) is 0.811. The second-order valence-corrected chi connectivity index (χ2v) is 6.55. The number of nitrogens with one attached hydrogen (secondary N) is 1. The third-order valence-electron chi connectivity index (χ3n) is 3.72. The number of hydrogen-bond acceptors (Lipinski definition) is 3. The zero-order chi connectivity index (χ0) is 14.2. The van der Waals surface area contributed by atoms with Gasteiger partial charge in [0, 0.05) is 10.9 Å². The number of hydrogen-bond donors (Lipinski definition) is 1. The zero-order valence-corrected chi connectivity index (χ0v) is 13.5. The maximum absolute atomic E-state index is 12.7. The molecule has 2 heterocycles. The molecule has 0 aliphatic heterocycles. The van der Waals surface area contributed by atoms with Gasteiger partial charge in [0.05, 0.1) is 5.39 Å². The third kappa shape index (κ3) is 2.41. The van der Waals surface area contributed by atoms with Crippen molar-refractivity contribution < 1.29 is 0 Å². The van der Waals surface area contributed by atoms with Crippen molar-refractivity contribution in [3.05, 3.63) is 25.6 Å². The smallest absolute Gasteiger partial charge is 0.263 e. The van der Waals surface area contributed by atoms with E-state index < -0.39 is 0 Å². The number of rotatable bonds is 4. The molecule has 1 N–H and O–H groups in total. The van der Waals surface area contributed by atoms with Gasteiger partial charge in [-0.25, -0.2) is 0 Å². The van der Waals surface area contributed by atoms with Crippen LogP contribution in [0, 0.1) is 18.6 Å². The maximum atomic E-state index is 12.7. The molecule has 0 aliphatic carbocycles. The van der Waals surface area contributed by atoms with E-state index in [9.17, 15) is 4.79 Å². The number of aromatic nitrogens is 2. The number of nitrogens with zero attached hydrogens (tertiary/aromatic N) is 1. The average Bonchev–Trinajstić information content (AvgIpc) is 2.63. The van der Waals surface area contributed by atoms with Crippen LogP contribution in [0.15, 0.2) is 4.79 Å². The molecule has 0 fully saturated rings. The van der Waals surface area contributed by atoms with Gasteiger partial charge in [0.2, 0.25) is 0 Å². The van der Waals surface area contributed by atoms with E-state index in [4.69, 9.17) is 12.2 Å². The minimum absolute atomic E-state index is 0.0703. The molecule has 2 aromatic heterocycles. The third-order valence-corrected chi connectivity index (χ3v) is 5.14. The van der Waals surface area contributed by atoms with Crippen LogP contribution in [-0.4, -0.2) is 9.55 Å². The fourth-order valence-electron chi connectivity index (χ4n) is 2.52. The Hall–Kier alpha value is -0.940. The van der Waals surface area contributed by atoms with Crippen molar-refractivity contribution in [3.8, 4) is 0 Å². The normalized spacial score (nSPS) is 13.1. The Morgan fingerprint density at radius 1 is 1.37 bits per heavy atom. The Labute approximate surface area is 122 Å². The van der Waals surface area contributed by atoms with Gasteiger partial charge in [-0.3, -0.25) is 9.36 Å². The SMILES string of the molecule is CCCC(CC)n1c(=S)[nH]c2sc(C)c(C)c2c1=O. The topological polar surface area (TPSA) is 37.8 Å². The molecule has 1 unspecified atom stereocenters. The minimum Gasteiger partial charge on any atom is -0.323 e. The van der Waals surface area contributed by atoms with Crippen LogP contribution in [0.3, 0.4) is 0 Å². The molecule has 0 aliphatic rings. The summed E-state index contributed by atoms with van der Waals surface area (Å²) in [4.78, 5) is 18.1. The highest BCUT2D eigenvalue weighted by Crippen LogP contribution is 2.27. The summed E-state index contributed by atoms with van der Waals surface area (Å²) in [7, 11) is 0. The van der Waals surface area contributed by atoms with Gasteiger partial charge in [0.25, 0.3) is 5.56 Å². The van der Waals surface area contributed by atoms with Crippen LogP contribution in [-0.2, 0) is 0 Å². The highest BCUT2D eigenvalue weighted by Gasteiger charge is 2.17. The predicted octanol–water partition coefficient (Wildman–Crippen LogP) is 4.49. The largest absolute Gasteiger partial charge is 0.323 e. The number of H-pyrrole nitrogens is 1. The highest BCUT2D eigenvalue weighted by atomic mass is 32.1. The molecule has 1 atom stereocenters. The van der Waals surface area contributed by atoms with Crippen LogP contribution in [0.25, 0.3) is 10.2 Å². The van der Waals surface area contributed by atoms with E-state index >= 15 is 0 Å². The lowest BCUT2D eigenvalue weighted by molar-refractivity contribution is 0.429. The fourth-order valence-corrected chi connectivity index (χ4v) is 3.97. The van der Waals surface area contributed by atoms with Crippen molar-refractivity contribution in [2.45, 2.75) is 53.0 Å². The molecule has 0 radical (unpaired) electrons. The molecule has 0 bridgehead atoms. The Morgan fingerprint density at radius 3 is 2.63 bits per heavy atom. The van der Waals surface area contributed by atoms with Gasteiger partial charge in [-0.15, -0.1) is 11.3 Å². The van der Waals surface area contributed by atoms with E-state index in [1.165, 1.54) is 4.88 Å². The van der Waals surface area contributed by atoms with E-state index in [2.05, 4.69) is 18.8 Å². The van der Waals surface area contributed by atoms with Crippen LogP contribution in [0.5, 0.6) is 0 Å². The van der Waals surface area contributed by atoms with Crippen molar-refractivity contribution >= 4 is 33.8 Å². The Balaban J connectivity index is 2.78. The van der Waals surface area contributed by atoms with Crippen LogP contribution in [0.2, 0.25) is 0 Å². The molecule has 3 nitrogen and oxygen atoms in total. The molecule has 0 aromatic carbocycles. The van der Waals surface area contributed by atoms with Crippen LogP contribution in [0.1, 0.15) is 49.6 Å². The molecule has 2 aromatic rings. The average molecular weight is 296 g/mol. The molecule has 0 spiro atoms. The van der Waals surface area contributed by atoms with Crippen molar-refractivity contribution in [1.29, 1.82) is 0 Å². The van der Waals surface area contributed by atoms with Gasteiger partial charge in [-0.1, -0.05) is 20.3 Å². The minimum atomic E-state index is 0.0703. The molecular formula is C14H20N2OS2. The Kier molecular flexibility index (Phi) is 4.26. The molecule has 0 amide bonds. The number of aryl methyl sites for hydroxylation is 2. The first-order valence-electron chi connectivity index (χ1n) is 6.75. The molecule has 5 heteroatoms. The predicted molar refractivity (Wildman–Crippen MR) is 85.0 cm³/mol. The van der Waals surface area contributed by atoms with Crippen molar-refractivity contribution in [3.63, 3.8) is 0 Å². The molecule has 0 saturated heterocycles. The van der Waals surface area contributed by atoms with Crippen molar-refractivity contribution in [2.75, 3.05) is 0 Å². The number of thiophene rings is 1.